The molecule has 0 saturated heterocycles. The molecular formula is C17H21N5O2S. The summed E-state index contributed by atoms with van der Waals surface area (Å²) >= 11 is 0. The highest BCUT2D eigenvalue weighted by molar-refractivity contribution is 7.89. The van der Waals surface area contributed by atoms with Gasteiger partial charge in [-0.1, -0.05) is 18.6 Å². The Morgan fingerprint density at radius 1 is 1.08 bits per heavy atom. The Balaban J connectivity index is 1.78. The summed E-state index contributed by atoms with van der Waals surface area (Å²) in [6, 6.07) is 7.72. The Labute approximate surface area is 146 Å². The van der Waals surface area contributed by atoms with Gasteiger partial charge in [0.15, 0.2) is 15.7 Å². The number of aromatic nitrogens is 5. The van der Waals surface area contributed by atoms with E-state index in [1.165, 1.54) is 12.7 Å². The summed E-state index contributed by atoms with van der Waals surface area (Å²) in [5.41, 5.74) is 1.73. The first-order valence-electron chi connectivity index (χ1n) is 8.54. The Kier molecular flexibility index (Phi) is 4.07. The van der Waals surface area contributed by atoms with Gasteiger partial charge in [-0.05, 0) is 25.0 Å². The van der Waals surface area contributed by atoms with E-state index in [-0.39, 0.29) is 5.75 Å². The smallest absolute Gasteiger partial charge is 0.154 e. The van der Waals surface area contributed by atoms with Crippen LogP contribution in [-0.2, 0) is 35.1 Å². The van der Waals surface area contributed by atoms with Gasteiger partial charge in [0.05, 0.1) is 17.6 Å². The normalized spacial score (nSPS) is 15.2. The van der Waals surface area contributed by atoms with Gasteiger partial charge in [-0.25, -0.2) is 13.4 Å². The summed E-state index contributed by atoms with van der Waals surface area (Å²) in [7, 11) is -3.18. The molecule has 0 aliphatic carbocycles. The van der Waals surface area contributed by atoms with E-state index in [9.17, 15) is 8.42 Å². The molecule has 0 radical (unpaired) electrons. The first kappa shape index (κ1) is 16.3. The average Bonchev–Trinajstić information content (AvgIpc) is 2.99. The van der Waals surface area contributed by atoms with E-state index in [0.717, 1.165) is 48.5 Å². The second-order valence-electron chi connectivity index (χ2n) is 6.67. The molecule has 1 aliphatic rings. The van der Waals surface area contributed by atoms with E-state index in [0.29, 0.717) is 12.4 Å². The predicted octanol–water partition coefficient (Wildman–Crippen LogP) is 1.95. The van der Waals surface area contributed by atoms with Gasteiger partial charge in [0.2, 0.25) is 0 Å². The number of hydrogen-bond acceptors (Lipinski definition) is 5. The third-order valence-corrected chi connectivity index (χ3v) is 5.39. The van der Waals surface area contributed by atoms with Crippen molar-refractivity contribution in [3.63, 3.8) is 0 Å². The number of benzene rings is 1. The lowest BCUT2D eigenvalue weighted by atomic mass is 10.2. The fourth-order valence-corrected chi connectivity index (χ4v) is 4.14. The highest BCUT2D eigenvalue weighted by Gasteiger charge is 2.19. The van der Waals surface area contributed by atoms with Crippen molar-refractivity contribution in [2.45, 2.75) is 44.5 Å². The summed E-state index contributed by atoms with van der Waals surface area (Å²) in [5, 5.41) is 8.72. The van der Waals surface area contributed by atoms with Crippen molar-refractivity contribution in [3.8, 4) is 0 Å². The van der Waals surface area contributed by atoms with Gasteiger partial charge >= 0.3 is 0 Å². The van der Waals surface area contributed by atoms with Crippen molar-refractivity contribution < 1.29 is 8.42 Å². The Morgan fingerprint density at radius 2 is 1.92 bits per heavy atom. The third-order valence-electron chi connectivity index (χ3n) is 4.61. The van der Waals surface area contributed by atoms with Crippen LogP contribution in [0.5, 0.6) is 0 Å². The molecule has 0 N–H and O–H groups in total. The van der Waals surface area contributed by atoms with Gasteiger partial charge in [0.25, 0.3) is 0 Å². The topological polar surface area (TPSA) is 82.7 Å². The fourth-order valence-electron chi connectivity index (χ4n) is 3.45. The molecule has 0 bridgehead atoms. The molecule has 3 aromatic rings. The van der Waals surface area contributed by atoms with Crippen LogP contribution < -0.4 is 0 Å². The molecular weight excluding hydrogens is 338 g/mol. The van der Waals surface area contributed by atoms with Crippen molar-refractivity contribution in [1.29, 1.82) is 0 Å². The van der Waals surface area contributed by atoms with Crippen molar-refractivity contribution in [3.05, 3.63) is 41.7 Å². The number of fused-ring (bicyclic) bond motifs is 2. The second-order valence-corrected chi connectivity index (χ2v) is 8.81. The number of nitrogens with zero attached hydrogens (tertiary/aromatic N) is 5. The standard InChI is InChI=1S/C17H21N5O2S/c1-25(23,24)12-17-18-13-7-4-5-8-14(13)22(17)11-16-20-19-15-9-3-2-6-10-21(15)16/h4-5,7-8H,2-3,6,9-12H2,1H3. The first-order valence-corrected chi connectivity index (χ1v) is 10.6. The quantitative estimate of drug-likeness (QED) is 0.711. The van der Waals surface area contributed by atoms with Crippen LogP contribution in [-0.4, -0.2) is 39.0 Å². The molecule has 2 aromatic heterocycles. The van der Waals surface area contributed by atoms with Crippen LogP contribution in [0, 0.1) is 0 Å². The van der Waals surface area contributed by atoms with Crippen LogP contribution in [0.15, 0.2) is 24.3 Å². The molecule has 0 unspecified atom stereocenters. The van der Waals surface area contributed by atoms with Gasteiger partial charge in [0.1, 0.15) is 17.4 Å². The molecule has 8 heteroatoms. The van der Waals surface area contributed by atoms with E-state index in [1.807, 2.05) is 28.8 Å². The zero-order chi connectivity index (χ0) is 17.4. The lowest BCUT2D eigenvalue weighted by molar-refractivity contribution is 0.582. The number of imidazole rings is 1. The third kappa shape index (κ3) is 3.30. The summed E-state index contributed by atoms with van der Waals surface area (Å²) in [5.74, 6) is 2.37. The van der Waals surface area contributed by atoms with Gasteiger partial charge in [0, 0.05) is 19.2 Å². The van der Waals surface area contributed by atoms with Gasteiger partial charge in [-0.15, -0.1) is 10.2 Å². The average molecular weight is 359 g/mol. The molecule has 7 nitrogen and oxygen atoms in total. The lowest BCUT2D eigenvalue weighted by Crippen LogP contribution is -2.14. The fraction of sp³-hybridized carbons (Fsp3) is 0.471. The van der Waals surface area contributed by atoms with Crippen LogP contribution >= 0.6 is 0 Å². The lowest BCUT2D eigenvalue weighted by Gasteiger charge is -2.11. The van der Waals surface area contributed by atoms with Crippen LogP contribution in [0.4, 0.5) is 0 Å². The molecule has 3 heterocycles. The highest BCUT2D eigenvalue weighted by atomic mass is 32.2. The SMILES string of the molecule is CS(=O)(=O)Cc1nc2ccccc2n1Cc1nnc2n1CCCCC2. The van der Waals surface area contributed by atoms with Crippen molar-refractivity contribution in [2.75, 3.05) is 6.26 Å². The molecule has 0 amide bonds. The molecule has 1 aromatic carbocycles. The Bertz CT molecular complexity index is 1020. The van der Waals surface area contributed by atoms with E-state index < -0.39 is 9.84 Å². The summed E-state index contributed by atoms with van der Waals surface area (Å²) in [6.07, 6.45) is 5.66. The molecule has 0 saturated carbocycles. The molecule has 25 heavy (non-hydrogen) atoms. The molecule has 1 aliphatic heterocycles. The minimum atomic E-state index is -3.18. The van der Waals surface area contributed by atoms with Crippen LogP contribution in [0.3, 0.4) is 0 Å². The van der Waals surface area contributed by atoms with E-state index in [4.69, 9.17) is 0 Å². The Hall–Kier alpha value is -2.22. The minimum Gasteiger partial charge on any atom is -0.319 e. The van der Waals surface area contributed by atoms with E-state index >= 15 is 0 Å². The molecule has 132 valence electrons. The summed E-state index contributed by atoms with van der Waals surface area (Å²) in [6.45, 7) is 1.41. The zero-order valence-electron chi connectivity index (χ0n) is 14.2. The predicted molar refractivity (Wildman–Crippen MR) is 95.0 cm³/mol. The molecule has 0 spiro atoms. The van der Waals surface area contributed by atoms with Crippen LogP contribution in [0.1, 0.15) is 36.7 Å². The maximum Gasteiger partial charge on any atom is 0.154 e. The van der Waals surface area contributed by atoms with Gasteiger partial charge < -0.3 is 9.13 Å². The monoisotopic (exact) mass is 359 g/mol. The van der Waals surface area contributed by atoms with Crippen molar-refractivity contribution in [1.82, 2.24) is 24.3 Å². The van der Waals surface area contributed by atoms with Gasteiger partial charge in [-0.3, -0.25) is 0 Å². The molecule has 0 atom stereocenters. The number of rotatable bonds is 4. The maximum absolute atomic E-state index is 11.8. The first-order chi connectivity index (χ1) is 12.0. The Morgan fingerprint density at radius 3 is 2.76 bits per heavy atom. The van der Waals surface area contributed by atoms with E-state index in [1.54, 1.807) is 0 Å². The van der Waals surface area contributed by atoms with Crippen LogP contribution in [0.2, 0.25) is 0 Å². The largest absolute Gasteiger partial charge is 0.319 e. The van der Waals surface area contributed by atoms with Crippen molar-refractivity contribution in [2.24, 2.45) is 0 Å². The van der Waals surface area contributed by atoms with Gasteiger partial charge in [-0.2, -0.15) is 0 Å². The number of sulfone groups is 1. The van der Waals surface area contributed by atoms with Crippen molar-refractivity contribution >= 4 is 20.9 Å². The molecule has 4 rings (SSSR count). The molecule has 0 fully saturated rings. The minimum absolute atomic E-state index is 0.0807. The number of hydrogen-bond donors (Lipinski definition) is 0. The number of para-hydroxylation sites is 2. The summed E-state index contributed by atoms with van der Waals surface area (Å²) < 4.78 is 27.8. The van der Waals surface area contributed by atoms with Crippen LogP contribution in [0.25, 0.3) is 11.0 Å². The van der Waals surface area contributed by atoms with E-state index in [2.05, 4.69) is 19.7 Å². The second kappa shape index (κ2) is 6.25. The number of aryl methyl sites for hydroxylation is 1. The maximum atomic E-state index is 11.8. The summed E-state index contributed by atoms with van der Waals surface area (Å²) in [4.78, 5) is 4.54. The highest BCUT2D eigenvalue weighted by Crippen LogP contribution is 2.21. The zero-order valence-corrected chi connectivity index (χ0v) is 15.0.